The lowest BCUT2D eigenvalue weighted by Gasteiger charge is -2.30. The van der Waals surface area contributed by atoms with Crippen LogP contribution in [0.1, 0.15) is 21.9 Å². The van der Waals surface area contributed by atoms with Crippen LogP contribution in [0.4, 0.5) is 0 Å². The maximum Gasteiger partial charge on any atom is 0.0406 e. The molecule has 1 aliphatic heterocycles. The second-order valence-corrected chi connectivity index (χ2v) is 6.04. The van der Waals surface area contributed by atoms with Crippen molar-refractivity contribution >= 4 is 22.9 Å². The number of nitrogens with zero attached hydrogens (tertiary/aromatic N) is 1. The normalized spacial score (nSPS) is 20.2. The first-order chi connectivity index (χ1) is 8.24. The van der Waals surface area contributed by atoms with Crippen molar-refractivity contribution in [3.05, 3.63) is 56.7 Å². The van der Waals surface area contributed by atoms with E-state index >= 15 is 0 Å². The van der Waals surface area contributed by atoms with Gasteiger partial charge in [0.15, 0.2) is 0 Å². The molecule has 1 aromatic heterocycles. The van der Waals surface area contributed by atoms with E-state index in [0.717, 1.165) is 18.1 Å². The number of fused-ring (bicyclic) bond motifs is 1. The highest BCUT2D eigenvalue weighted by molar-refractivity contribution is 7.10. The van der Waals surface area contributed by atoms with Gasteiger partial charge < -0.3 is 4.90 Å². The van der Waals surface area contributed by atoms with Crippen molar-refractivity contribution in [3.63, 3.8) is 0 Å². The van der Waals surface area contributed by atoms with E-state index in [0.29, 0.717) is 5.92 Å². The van der Waals surface area contributed by atoms with Crippen molar-refractivity contribution in [1.29, 1.82) is 0 Å². The molecule has 0 aliphatic carbocycles. The van der Waals surface area contributed by atoms with Crippen LogP contribution in [0, 0.1) is 0 Å². The molecule has 1 aliphatic rings. The SMILES string of the molecule is CN1Cc2sccc2[C@H](c2ccc(Cl)cc2)C1. The molecular formula is C14H14ClNS. The molecule has 17 heavy (non-hydrogen) atoms. The fourth-order valence-corrected chi connectivity index (χ4v) is 3.64. The summed E-state index contributed by atoms with van der Waals surface area (Å²) in [5.74, 6) is 0.493. The van der Waals surface area contributed by atoms with Gasteiger partial charge in [-0.05, 0) is 41.8 Å². The zero-order valence-corrected chi connectivity index (χ0v) is 11.3. The maximum atomic E-state index is 5.95. The zero-order valence-electron chi connectivity index (χ0n) is 9.69. The zero-order chi connectivity index (χ0) is 11.8. The Bertz CT molecular complexity index is 517. The van der Waals surface area contributed by atoms with Gasteiger partial charge in [0.05, 0.1) is 0 Å². The second-order valence-electron chi connectivity index (χ2n) is 4.60. The van der Waals surface area contributed by atoms with Crippen LogP contribution in [0.3, 0.4) is 0 Å². The minimum atomic E-state index is 0.493. The Balaban J connectivity index is 2.01. The summed E-state index contributed by atoms with van der Waals surface area (Å²) in [5, 5.41) is 3.01. The highest BCUT2D eigenvalue weighted by Gasteiger charge is 2.25. The lowest BCUT2D eigenvalue weighted by atomic mass is 9.89. The lowest BCUT2D eigenvalue weighted by Crippen LogP contribution is -2.29. The van der Waals surface area contributed by atoms with Crippen LogP contribution in [0.15, 0.2) is 35.7 Å². The van der Waals surface area contributed by atoms with Gasteiger partial charge in [-0.1, -0.05) is 23.7 Å². The van der Waals surface area contributed by atoms with Crippen molar-refractivity contribution in [2.45, 2.75) is 12.5 Å². The first kappa shape index (κ1) is 11.3. The molecule has 0 bridgehead atoms. The molecule has 88 valence electrons. The van der Waals surface area contributed by atoms with Gasteiger partial charge in [-0.2, -0.15) is 0 Å². The van der Waals surface area contributed by atoms with E-state index in [2.05, 4.69) is 35.5 Å². The summed E-state index contributed by atoms with van der Waals surface area (Å²) in [6.07, 6.45) is 0. The van der Waals surface area contributed by atoms with Crippen LogP contribution >= 0.6 is 22.9 Å². The van der Waals surface area contributed by atoms with Gasteiger partial charge in [-0.15, -0.1) is 11.3 Å². The number of likely N-dealkylation sites (N-methyl/N-ethyl adjacent to an activating group) is 1. The summed E-state index contributed by atoms with van der Waals surface area (Å²) in [7, 11) is 2.19. The van der Waals surface area contributed by atoms with E-state index < -0.39 is 0 Å². The molecular weight excluding hydrogens is 250 g/mol. The number of halogens is 1. The van der Waals surface area contributed by atoms with E-state index in [1.807, 2.05) is 23.5 Å². The number of benzene rings is 1. The second kappa shape index (κ2) is 4.45. The van der Waals surface area contributed by atoms with Crippen molar-refractivity contribution in [1.82, 2.24) is 4.90 Å². The third-order valence-corrected chi connectivity index (χ3v) is 4.51. The van der Waals surface area contributed by atoms with Gasteiger partial charge >= 0.3 is 0 Å². The monoisotopic (exact) mass is 263 g/mol. The summed E-state index contributed by atoms with van der Waals surface area (Å²) >= 11 is 7.81. The molecule has 0 amide bonds. The molecule has 1 aromatic carbocycles. The summed E-state index contributed by atoms with van der Waals surface area (Å²) in [6, 6.07) is 10.5. The van der Waals surface area contributed by atoms with Gasteiger partial charge in [0.25, 0.3) is 0 Å². The molecule has 0 saturated carbocycles. The minimum Gasteiger partial charge on any atom is -0.300 e. The van der Waals surface area contributed by atoms with Crippen LogP contribution in [-0.2, 0) is 6.54 Å². The van der Waals surface area contributed by atoms with Crippen LogP contribution in [0.2, 0.25) is 5.02 Å². The van der Waals surface area contributed by atoms with Crippen molar-refractivity contribution in [2.24, 2.45) is 0 Å². The average molecular weight is 264 g/mol. The Kier molecular flexibility index (Phi) is 2.95. The Morgan fingerprint density at radius 3 is 2.76 bits per heavy atom. The average Bonchev–Trinajstić information content (AvgIpc) is 2.77. The first-order valence-corrected chi connectivity index (χ1v) is 7.00. The van der Waals surface area contributed by atoms with Crippen molar-refractivity contribution < 1.29 is 0 Å². The molecule has 0 fully saturated rings. The predicted octanol–water partition coefficient (Wildman–Crippen LogP) is 3.98. The minimum absolute atomic E-state index is 0.493. The fourth-order valence-electron chi connectivity index (χ4n) is 2.49. The highest BCUT2D eigenvalue weighted by atomic mass is 35.5. The summed E-state index contributed by atoms with van der Waals surface area (Å²) in [5.41, 5.74) is 2.86. The molecule has 3 rings (SSSR count). The van der Waals surface area contributed by atoms with Gasteiger partial charge in [-0.3, -0.25) is 0 Å². The van der Waals surface area contributed by atoms with Crippen LogP contribution in [0.5, 0.6) is 0 Å². The predicted molar refractivity (Wildman–Crippen MR) is 73.9 cm³/mol. The van der Waals surface area contributed by atoms with Crippen molar-refractivity contribution in [2.75, 3.05) is 13.6 Å². The molecule has 2 heterocycles. The van der Waals surface area contributed by atoms with Crippen LogP contribution < -0.4 is 0 Å². The third kappa shape index (κ3) is 2.13. The van der Waals surface area contributed by atoms with E-state index in [-0.39, 0.29) is 0 Å². The first-order valence-electron chi connectivity index (χ1n) is 5.74. The molecule has 0 N–H and O–H groups in total. The number of hydrogen-bond donors (Lipinski definition) is 0. The summed E-state index contributed by atoms with van der Waals surface area (Å²) in [6.45, 7) is 2.17. The van der Waals surface area contributed by atoms with E-state index in [1.54, 1.807) is 0 Å². The van der Waals surface area contributed by atoms with E-state index in [1.165, 1.54) is 16.0 Å². The largest absolute Gasteiger partial charge is 0.300 e. The van der Waals surface area contributed by atoms with E-state index in [9.17, 15) is 0 Å². The van der Waals surface area contributed by atoms with Gasteiger partial charge in [0, 0.05) is 28.9 Å². The molecule has 0 saturated heterocycles. The molecule has 1 atom stereocenters. The maximum absolute atomic E-state index is 5.95. The quantitative estimate of drug-likeness (QED) is 0.752. The molecule has 2 aromatic rings. The number of hydrogen-bond acceptors (Lipinski definition) is 2. The Hall–Kier alpha value is -0.830. The molecule has 3 heteroatoms. The van der Waals surface area contributed by atoms with Crippen molar-refractivity contribution in [3.8, 4) is 0 Å². The Labute approximate surface area is 111 Å². The Morgan fingerprint density at radius 2 is 2.00 bits per heavy atom. The highest BCUT2D eigenvalue weighted by Crippen LogP contribution is 2.36. The fraction of sp³-hybridized carbons (Fsp3) is 0.286. The van der Waals surface area contributed by atoms with E-state index in [4.69, 9.17) is 11.6 Å². The smallest absolute Gasteiger partial charge is 0.0406 e. The standard InChI is InChI=1S/C14H14ClNS/c1-16-8-13(10-2-4-11(15)5-3-10)12-6-7-17-14(12)9-16/h2-7,13H,8-9H2,1H3/t13-/m0/s1. The van der Waals surface area contributed by atoms with Gasteiger partial charge in [0.1, 0.15) is 0 Å². The van der Waals surface area contributed by atoms with Gasteiger partial charge in [-0.25, -0.2) is 0 Å². The number of thiophene rings is 1. The molecule has 0 unspecified atom stereocenters. The summed E-state index contributed by atoms with van der Waals surface area (Å²) < 4.78 is 0. The number of rotatable bonds is 1. The molecule has 0 radical (unpaired) electrons. The molecule has 0 spiro atoms. The van der Waals surface area contributed by atoms with Gasteiger partial charge in [0.2, 0.25) is 0 Å². The Morgan fingerprint density at radius 1 is 1.24 bits per heavy atom. The lowest BCUT2D eigenvalue weighted by molar-refractivity contribution is 0.299. The topological polar surface area (TPSA) is 3.24 Å². The molecule has 1 nitrogen and oxygen atoms in total. The summed E-state index contributed by atoms with van der Waals surface area (Å²) in [4.78, 5) is 3.89. The van der Waals surface area contributed by atoms with Crippen LogP contribution in [-0.4, -0.2) is 18.5 Å². The third-order valence-electron chi connectivity index (χ3n) is 3.34. The van der Waals surface area contributed by atoms with Crippen LogP contribution in [0.25, 0.3) is 0 Å².